The number of aromatic amines is 1. The van der Waals surface area contributed by atoms with Crippen molar-refractivity contribution in [1.29, 1.82) is 0 Å². The van der Waals surface area contributed by atoms with Crippen molar-refractivity contribution in [2.75, 3.05) is 6.54 Å². The fraction of sp³-hybridized carbons (Fsp3) is 0.360. The van der Waals surface area contributed by atoms with Gasteiger partial charge in [0, 0.05) is 17.7 Å². The van der Waals surface area contributed by atoms with Gasteiger partial charge >= 0.3 is 0 Å². The third-order valence-corrected chi connectivity index (χ3v) is 6.20. The fourth-order valence-corrected chi connectivity index (χ4v) is 4.33. The number of imidazole rings is 1. The molecule has 0 spiro atoms. The van der Waals surface area contributed by atoms with Gasteiger partial charge in [-0.3, -0.25) is 4.79 Å². The van der Waals surface area contributed by atoms with Crippen molar-refractivity contribution in [3.8, 4) is 11.3 Å². The van der Waals surface area contributed by atoms with E-state index in [4.69, 9.17) is 5.73 Å². The molecule has 0 unspecified atom stereocenters. The van der Waals surface area contributed by atoms with Gasteiger partial charge in [-0.2, -0.15) is 0 Å². The number of halogens is 1. The fourth-order valence-electron chi connectivity index (χ4n) is 4.33. The highest BCUT2D eigenvalue weighted by atomic mass is 19.1. The number of aromatic nitrogens is 2. The molecule has 5 nitrogen and oxygen atoms in total. The highest BCUT2D eigenvalue weighted by Crippen LogP contribution is 2.29. The Hall–Kier alpha value is -2.99. The van der Waals surface area contributed by atoms with Crippen LogP contribution in [0, 0.1) is 17.7 Å². The second-order valence-corrected chi connectivity index (χ2v) is 8.39. The first-order valence-electron chi connectivity index (χ1n) is 11.0. The minimum Gasteiger partial charge on any atom is -0.346 e. The SMILES string of the molecule is NC[C@H]1CC[C@H](C(=O)N[C@@H](Cc2ccccc2)c2nc(-c3cccc(F)c3)c[nH]2)CC1. The molecule has 1 fully saturated rings. The number of carbonyl (C=O) groups excluding carboxylic acids is 1. The summed E-state index contributed by atoms with van der Waals surface area (Å²) in [7, 11) is 0. The lowest BCUT2D eigenvalue weighted by Crippen LogP contribution is -2.37. The Morgan fingerprint density at radius 2 is 1.90 bits per heavy atom. The number of nitrogens with two attached hydrogens (primary N) is 1. The Kier molecular flexibility index (Phi) is 6.77. The van der Waals surface area contributed by atoms with Crippen molar-refractivity contribution in [3.63, 3.8) is 0 Å². The van der Waals surface area contributed by atoms with E-state index in [1.807, 2.05) is 36.4 Å². The summed E-state index contributed by atoms with van der Waals surface area (Å²) >= 11 is 0. The Balaban J connectivity index is 1.53. The Morgan fingerprint density at radius 3 is 2.61 bits per heavy atom. The smallest absolute Gasteiger partial charge is 0.223 e. The number of hydrogen-bond donors (Lipinski definition) is 3. The number of nitrogens with one attached hydrogen (secondary N) is 2. The van der Waals surface area contributed by atoms with Crippen LogP contribution in [0.1, 0.15) is 43.1 Å². The molecule has 1 amide bonds. The maximum atomic E-state index is 13.6. The van der Waals surface area contributed by atoms with Gasteiger partial charge < -0.3 is 16.0 Å². The van der Waals surface area contributed by atoms with Crippen molar-refractivity contribution < 1.29 is 9.18 Å². The number of amides is 1. The highest BCUT2D eigenvalue weighted by molar-refractivity contribution is 5.79. The molecule has 0 radical (unpaired) electrons. The summed E-state index contributed by atoms with van der Waals surface area (Å²) in [6, 6.07) is 16.1. The lowest BCUT2D eigenvalue weighted by molar-refractivity contribution is -0.127. The molecule has 0 aliphatic heterocycles. The number of benzene rings is 2. The second kappa shape index (κ2) is 9.88. The van der Waals surface area contributed by atoms with E-state index in [0.29, 0.717) is 36.0 Å². The van der Waals surface area contributed by atoms with Crippen LogP contribution in [0.4, 0.5) is 4.39 Å². The topological polar surface area (TPSA) is 83.8 Å². The van der Waals surface area contributed by atoms with Gasteiger partial charge in [-0.05, 0) is 62.3 Å². The minimum atomic E-state index is -0.302. The number of rotatable bonds is 7. The lowest BCUT2D eigenvalue weighted by atomic mass is 9.81. The second-order valence-electron chi connectivity index (χ2n) is 8.39. The van der Waals surface area contributed by atoms with Crippen LogP contribution in [0.3, 0.4) is 0 Å². The highest BCUT2D eigenvalue weighted by Gasteiger charge is 2.28. The molecule has 4 rings (SSSR count). The average Bonchev–Trinajstić information content (AvgIpc) is 3.30. The van der Waals surface area contributed by atoms with Crippen LogP contribution < -0.4 is 11.1 Å². The molecule has 4 N–H and O–H groups in total. The molecule has 0 saturated heterocycles. The van der Waals surface area contributed by atoms with Crippen LogP contribution in [0.2, 0.25) is 0 Å². The Labute approximate surface area is 182 Å². The molecular formula is C25H29FN4O. The zero-order valence-electron chi connectivity index (χ0n) is 17.6. The van der Waals surface area contributed by atoms with Gasteiger partial charge in [-0.1, -0.05) is 42.5 Å². The Morgan fingerprint density at radius 1 is 1.13 bits per heavy atom. The van der Waals surface area contributed by atoms with Crippen LogP contribution >= 0.6 is 0 Å². The zero-order valence-corrected chi connectivity index (χ0v) is 17.6. The molecule has 1 heterocycles. The van der Waals surface area contributed by atoms with E-state index in [0.717, 1.165) is 31.2 Å². The molecule has 3 aromatic rings. The van der Waals surface area contributed by atoms with E-state index < -0.39 is 0 Å². The van der Waals surface area contributed by atoms with Gasteiger partial charge in [0.15, 0.2) is 0 Å². The molecular weight excluding hydrogens is 391 g/mol. The standard InChI is InChI=1S/C25H29FN4O/c26-21-8-4-7-20(14-21)23-16-28-24(29-23)22(13-17-5-2-1-3-6-17)30-25(31)19-11-9-18(15-27)10-12-19/h1-8,14,16,18-19,22H,9-13,15,27H2,(H,28,29)(H,30,31)/t18-,19-,22-/m0/s1. The largest absolute Gasteiger partial charge is 0.346 e. The summed E-state index contributed by atoms with van der Waals surface area (Å²) in [6.07, 6.45) is 6.14. The third-order valence-electron chi connectivity index (χ3n) is 6.20. The van der Waals surface area contributed by atoms with Crippen molar-refractivity contribution in [2.45, 2.75) is 38.1 Å². The van der Waals surface area contributed by atoms with Gasteiger partial charge in [0.2, 0.25) is 5.91 Å². The quantitative estimate of drug-likeness (QED) is 0.530. The van der Waals surface area contributed by atoms with E-state index in [9.17, 15) is 9.18 Å². The third kappa shape index (κ3) is 5.39. The van der Waals surface area contributed by atoms with Crippen LogP contribution in [0.25, 0.3) is 11.3 Å². The van der Waals surface area contributed by atoms with Gasteiger partial charge in [0.1, 0.15) is 11.6 Å². The van der Waals surface area contributed by atoms with Crippen LogP contribution in [0.5, 0.6) is 0 Å². The molecule has 6 heteroatoms. The summed E-state index contributed by atoms with van der Waals surface area (Å²) in [6.45, 7) is 0.695. The number of hydrogen-bond acceptors (Lipinski definition) is 3. The van der Waals surface area contributed by atoms with Gasteiger partial charge in [0.05, 0.1) is 11.7 Å². The molecule has 1 saturated carbocycles. The summed E-state index contributed by atoms with van der Waals surface area (Å²) in [5.74, 6) is 0.985. The molecule has 1 atom stereocenters. The zero-order chi connectivity index (χ0) is 21.6. The molecule has 31 heavy (non-hydrogen) atoms. The van der Waals surface area contributed by atoms with E-state index >= 15 is 0 Å². The monoisotopic (exact) mass is 420 g/mol. The van der Waals surface area contributed by atoms with Gasteiger partial charge in [0.25, 0.3) is 0 Å². The Bertz CT molecular complexity index is 996. The first kappa shape index (κ1) is 21.2. The van der Waals surface area contributed by atoms with Crippen molar-refractivity contribution in [2.24, 2.45) is 17.6 Å². The maximum absolute atomic E-state index is 13.6. The first-order chi connectivity index (χ1) is 15.1. The lowest BCUT2D eigenvalue weighted by Gasteiger charge is -2.28. The van der Waals surface area contributed by atoms with Crippen LogP contribution in [-0.4, -0.2) is 22.4 Å². The minimum absolute atomic E-state index is 0.0127. The van der Waals surface area contributed by atoms with E-state index in [2.05, 4.69) is 15.3 Å². The van der Waals surface area contributed by atoms with Gasteiger partial charge in [-0.25, -0.2) is 9.37 Å². The number of H-pyrrole nitrogens is 1. The van der Waals surface area contributed by atoms with Crippen LogP contribution in [0.15, 0.2) is 60.8 Å². The molecule has 1 aliphatic rings. The number of carbonyl (C=O) groups is 1. The van der Waals surface area contributed by atoms with E-state index in [-0.39, 0.29) is 23.7 Å². The first-order valence-corrected chi connectivity index (χ1v) is 11.0. The van der Waals surface area contributed by atoms with Gasteiger partial charge in [-0.15, -0.1) is 0 Å². The van der Waals surface area contributed by atoms with Crippen molar-refractivity contribution in [3.05, 3.63) is 78.0 Å². The summed E-state index contributed by atoms with van der Waals surface area (Å²) in [4.78, 5) is 20.9. The molecule has 1 aromatic heterocycles. The molecule has 2 aromatic carbocycles. The summed E-state index contributed by atoms with van der Waals surface area (Å²) < 4.78 is 13.6. The predicted octanol–water partition coefficient (Wildman–Crippen LogP) is 4.38. The molecule has 162 valence electrons. The number of nitrogens with zero attached hydrogens (tertiary/aromatic N) is 1. The summed E-state index contributed by atoms with van der Waals surface area (Å²) in [5, 5.41) is 3.22. The summed E-state index contributed by atoms with van der Waals surface area (Å²) in [5.41, 5.74) is 8.26. The normalized spacial score (nSPS) is 19.7. The maximum Gasteiger partial charge on any atom is 0.223 e. The van der Waals surface area contributed by atoms with E-state index in [1.54, 1.807) is 12.3 Å². The molecule has 1 aliphatic carbocycles. The van der Waals surface area contributed by atoms with Crippen molar-refractivity contribution in [1.82, 2.24) is 15.3 Å². The average molecular weight is 421 g/mol. The molecule has 0 bridgehead atoms. The van der Waals surface area contributed by atoms with Crippen molar-refractivity contribution >= 4 is 5.91 Å². The predicted molar refractivity (Wildman–Crippen MR) is 120 cm³/mol. The van der Waals surface area contributed by atoms with Crippen LogP contribution in [-0.2, 0) is 11.2 Å². The van der Waals surface area contributed by atoms with E-state index in [1.165, 1.54) is 12.1 Å².